The van der Waals surface area contributed by atoms with Gasteiger partial charge in [0.25, 0.3) is 5.91 Å². The van der Waals surface area contributed by atoms with E-state index in [4.69, 9.17) is 20.4 Å². The Morgan fingerprint density at radius 3 is 2.34 bits per heavy atom. The lowest BCUT2D eigenvalue weighted by atomic mass is 10.0. The normalized spacial score (nSPS) is 15.3. The van der Waals surface area contributed by atoms with E-state index in [1.807, 2.05) is 43.0 Å². The molecule has 2 aromatic carbocycles. The number of fused-ring (bicyclic) bond motifs is 1. The molecular formula is C26H32N6O3. The van der Waals surface area contributed by atoms with Gasteiger partial charge in [-0.3, -0.25) is 14.5 Å². The summed E-state index contributed by atoms with van der Waals surface area (Å²) in [4.78, 5) is 38.4. The molecule has 9 nitrogen and oxygen atoms in total. The molecule has 35 heavy (non-hydrogen) atoms. The number of hydrogen-bond donors (Lipinski definition) is 2. The number of piperazine rings is 1. The van der Waals surface area contributed by atoms with Gasteiger partial charge in [0.05, 0.1) is 19.2 Å². The molecule has 0 bridgehead atoms. The molecule has 1 fully saturated rings. The minimum atomic E-state index is -0.534. The molecule has 9 heteroatoms. The molecule has 1 aromatic heterocycles. The van der Waals surface area contributed by atoms with Crippen LogP contribution < -0.4 is 15.8 Å². The van der Waals surface area contributed by atoms with E-state index in [1.165, 1.54) is 0 Å². The van der Waals surface area contributed by atoms with E-state index in [2.05, 4.69) is 10.2 Å². The molecule has 4 rings (SSSR count). The largest absolute Gasteiger partial charge is 0.497 e. The quantitative estimate of drug-likeness (QED) is 0.514. The SMILES string of the molecule is COc1ccc(C(=O)N2CCN(Cc3nc(N[C@H](C(N)=O)C(C)C)c4ccccc4n3)CC2)cc1. The summed E-state index contributed by atoms with van der Waals surface area (Å²) in [6.45, 7) is 7.13. The van der Waals surface area contributed by atoms with Gasteiger partial charge in [-0.2, -0.15) is 0 Å². The van der Waals surface area contributed by atoms with Crippen molar-refractivity contribution in [1.29, 1.82) is 0 Å². The Kier molecular flexibility index (Phi) is 7.45. The molecule has 0 unspecified atom stereocenters. The average molecular weight is 477 g/mol. The molecule has 1 aliphatic heterocycles. The summed E-state index contributed by atoms with van der Waals surface area (Å²) in [6.07, 6.45) is 0. The maximum atomic E-state index is 12.9. The van der Waals surface area contributed by atoms with Crippen molar-refractivity contribution in [2.24, 2.45) is 11.7 Å². The number of aromatic nitrogens is 2. The fourth-order valence-electron chi connectivity index (χ4n) is 4.24. The number of nitrogens with one attached hydrogen (secondary N) is 1. The summed E-state index contributed by atoms with van der Waals surface area (Å²) in [6, 6.07) is 14.4. The highest BCUT2D eigenvalue weighted by atomic mass is 16.5. The minimum absolute atomic E-state index is 0.0148. The Balaban J connectivity index is 1.45. The van der Waals surface area contributed by atoms with Crippen LogP contribution in [0.1, 0.15) is 30.0 Å². The Morgan fingerprint density at radius 2 is 1.71 bits per heavy atom. The van der Waals surface area contributed by atoms with Gasteiger partial charge < -0.3 is 20.7 Å². The summed E-state index contributed by atoms with van der Waals surface area (Å²) >= 11 is 0. The second kappa shape index (κ2) is 10.7. The average Bonchev–Trinajstić information content (AvgIpc) is 2.87. The van der Waals surface area contributed by atoms with Crippen molar-refractivity contribution >= 4 is 28.5 Å². The lowest BCUT2D eigenvalue weighted by Gasteiger charge is -2.34. The minimum Gasteiger partial charge on any atom is -0.497 e. The van der Waals surface area contributed by atoms with E-state index in [9.17, 15) is 9.59 Å². The number of methoxy groups -OCH3 is 1. The van der Waals surface area contributed by atoms with Gasteiger partial charge in [0.15, 0.2) is 0 Å². The van der Waals surface area contributed by atoms with Gasteiger partial charge in [0.1, 0.15) is 23.4 Å². The summed E-state index contributed by atoms with van der Waals surface area (Å²) in [5.74, 6) is 1.62. The van der Waals surface area contributed by atoms with Crippen LogP contribution in [0.5, 0.6) is 5.75 Å². The maximum Gasteiger partial charge on any atom is 0.253 e. The van der Waals surface area contributed by atoms with Crippen LogP contribution in [-0.2, 0) is 11.3 Å². The predicted molar refractivity (Wildman–Crippen MR) is 135 cm³/mol. The number of benzene rings is 2. The molecule has 1 atom stereocenters. The van der Waals surface area contributed by atoms with Gasteiger partial charge >= 0.3 is 0 Å². The molecule has 0 saturated carbocycles. The number of hydrogen-bond acceptors (Lipinski definition) is 7. The van der Waals surface area contributed by atoms with Crippen LogP contribution in [0.4, 0.5) is 5.82 Å². The van der Waals surface area contributed by atoms with Gasteiger partial charge in [0, 0.05) is 37.1 Å². The molecule has 3 aromatic rings. The van der Waals surface area contributed by atoms with Crippen LogP contribution in [0.3, 0.4) is 0 Å². The summed E-state index contributed by atoms with van der Waals surface area (Å²) in [5.41, 5.74) is 7.08. The van der Waals surface area contributed by atoms with Crippen molar-refractivity contribution in [2.45, 2.75) is 26.4 Å². The van der Waals surface area contributed by atoms with E-state index in [1.54, 1.807) is 31.4 Å². The third-order valence-electron chi connectivity index (χ3n) is 6.28. The molecule has 3 N–H and O–H groups in total. The highest BCUT2D eigenvalue weighted by Crippen LogP contribution is 2.23. The van der Waals surface area contributed by atoms with E-state index < -0.39 is 11.9 Å². The van der Waals surface area contributed by atoms with Crippen molar-refractivity contribution in [3.05, 3.63) is 59.9 Å². The molecule has 0 spiro atoms. The molecule has 0 radical (unpaired) electrons. The number of primary amides is 1. The van der Waals surface area contributed by atoms with Crippen molar-refractivity contribution in [3.8, 4) is 5.75 Å². The van der Waals surface area contributed by atoms with Crippen LogP contribution in [0.15, 0.2) is 48.5 Å². The summed E-state index contributed by atoms with van der Waals surface area (Å²) < 4.78 is 5.17. The van der Waals surface area contributed by atoms with Gasteiger partial charge in [-0.1, -0.05) is 26.0 Å². The van der Waals surface area contributed by atoms with Crippen LogP contribution >= 0.6 is 0 Å². The van der Waals surface area contributed by atoms with E-state index in [0.717, 1.165) is 29.7 Å². The fourth-order valence-corrected chi connectivity index (χ4v) is 4.24. The maximum absolute atomic E-state index is 12.9. The molecule has 1 aliphatic rings. The lowest BCUT2D eigenvalue weighted by Crippen LogP contribution is -2.48. The third kappa shape index (κ3) is 5.68. The zero-order valence-electron chi connectivity index (χ0n) is 20.4. The third-order valence-corrected chi connectivity index (χ3v) is 6.28. The van der Waals surface area contributed by atoms with Crippen LogP contribution in [0.25, 0.3) is 10.9 Å². The van der Waals surface area contributed by atoms with E-state index in [0.29, 0.717) is 36.8 Å². The molecule has 1 saturated heterocycles. The Labute approximate surface area is 205 Å². The molecule has 2 amide bonds. The monoisotopic (exact) mass is 476 g/mol. The van der Waals surface area contributed by atoms with Crippen LogP contribution in [0.2, 0.25) is 0 Å². The van der Waals surface area contributed by atoms with Crippen molar-refractivity contribution < 1.29 is 14.3 Å². The van der Waals surface area contributed by atoms with Gasteiger partial charge in [-0.05, 0) is 42.3 Å². The zero-order valence-corrected chi connectivity index (χ0v) is 20.4. The van der Waals surface area contributed by atoms with Crippen molar-refractivity contribution in [2.75, 3.05) is 38.6 Å². The van der Waals surface area contributed by atoms with Crippen LogP contribution in [-0.4, -0.2) is 70.9 Å². The van der Waals surface area contributed by atoms with Gasteiger partial charge in [-0.25, -0.2) is 9.97 Å². The number of amides is 2. The van der Waals surface area contributed by atoms with Crippen molar-refractivity contribution in [1.82, 2.24) is 19.8 Å². The number of nitrogens with zero attached hydrogens (tertiary/aromatic N) is 4. The Morgan fingerprint density at radius 1 is 1.03 bits per heavy atom. The van der Waals surface area contributed by atoms with Crippen molar-refractivity contribution in [3.63, 3.8) is 0 Å². The first-order chi connectivity index (χ1) is 16.9. The van der Waals surface area contributed by atoms with E-state index in [-0.39, 0.29) is 11.8 Å². The smallest absolute Gasteiger partial charge is 0.253 e. The molecule has 0 aliphatic carbocycles. The number of rotatable bonds is 8. The fraction of sp³-hybridized carbons (Fsp3) is 0.385. The molecular weight excluding hydrogens is 444 g/mol. The number of para-hydroxylation sites is 1. The number of carbonyl (C=O) groups excluding carboxylic acids is 2. The number of ether oxygens (including phenoxy) is 1. The second-order valence-electron chi connectivity index (χ2n) is 9.07. The van der Waals surface area contributed by atoms with E-state index >= 15 is 0 Å². The first-order valence-electron chi connectivity index (χ1n) is 11.8. The standard InChI is InChI=1S/C26H32N6O3/c1-17(2)23(24(27)33)30-25-20-6-4-5-7-21(20)28-22(29-25)16-31-12-14-32(15-13-31)26(34)18-8-10-19(35-3)11-9-18/h4-11,17,23H,12-16H2,1-3H3,(H2,27,33)(H,28,29,30)/t23-/m0/s1. The number of nitrogens with two attached hydrogens (primary N) is 1. The highest BCUT2D eigenvalue weighted by Gasteiger charge is 2.24. The summed E-state index contributed by atoms with van der Waals surface area (Å²) in [5, 5.41) is 4.09. The van der Waals surface area contributed by atoms with Crippen LogP contribution in [0, 0.1) is 5.92 Å². The first kappa shape index (κ1) is 24.4. The predicted octanol–water partition coefficient (Wildman–Crippen LogP) is 2.52. The zero-order chi connectivity index (χ0) is 24.9. The topological polar surface area (TPSA) is 114 Å². The molecule has 184 valence electrons. The molecule has 2 heterocycles. The second-order valence-corrected chi connectivity index (χ2v) is 9.07. The van der Waals surface area contributed by atoms with Gasteiger partial charge in [-0.15, -0.1) is 0 Å². The first-order valence-corrected chi connectivity index (χ1v) is 11.8. The Hall–Kier alpha value is -3.72. The summed E-state index contributed by atoms with van der Waals surface area (Å²) in [7, 11) is 1.61. The number of anilines is 1. The highest BCUT2D eigenvalue weighted by molar-refractivity contribution is 5.94. The number of carbonyl (C=O) groups is 2. The lowest BCUT2D eigenvalue weighted by molar-refractivity contribution is -0.119. The Bertz CT molecular complexity index is 1190. The van der Waals surface area contributed by atoms with Gasteiger partial charge in [0.2, 0.25) is 5.91 Å².